The highest BCUT2D eigenvalue weighted by atomic mass is 16.1. The molecule has 36 heavy (non-hydrogen) atoms. The molecule has 4 aromatic rings. The van der Waals surface area contributed by atoms with Gasteiger partial charge in [0.1, 0.15) is 0 Å². The van der Waals surface area contributed by atoms with Crippen molar-refractivity contribution in [3.05, 3.63) is 144 Å². The minimum atomic E-state index is -0.445. The molecule has 2 nitrogen and oxygen atoms in total. The van der Waals surface area contributed by atoms with Crippen molar-refractivity contribution in [1.29, 1.82) is 0 Å². The summed E-state index contributed by atoms with van der Waals surface area (Å²) in [5.41, 5.74) is 5.59. The molecule has 4 aromatic carbocycles. The van der Waals surface area contributed by atoms with Crippen LogP contribution in [0.4, 0.5) is 0 Å². The zero-order valence-corrected chi connectivity index (χ0v) is 20.7. The quantitative estimate of drug-likeness (QED) is 0.269. The van der Waals surface area contributed by atoms with Gasteiger partial charge in [0.15, 0.2) is 11.6 Å². The van der Waals surface area contributed by atoms with E-state index in [4.69, 9.17) is 0 Å². The highest BCUT2D eigenvalue weighted by molar-refractivity contribution is 6.12. The van der Waals surface area contributed by atoms with Gasteiger partial charge < -0.3 is 0 Å². The fourth-order valence-electron chi connectivity index (χ4n) is 5.92. The Hall–Kier alpha value is -4.04. The largest absolute Gasteiger partial charge is 0.294 e. The molecule has 0 amide bonds. The molecule has 0 N–H and O–H groups in total. The van der Waals surface area contributed by atoms with Crippen LogP contribution in [0.5, 0.6) is 0 Å². The lowest BCUT2D eigenvalue weighted by molar-refractivity contribution is 0.0763. The predicted octanol–water partition coefficient (Wildman–Crippen LogP) is 7.88. The highest BCUT2D eigenvalue weighted by Crippen LogP contribution is 2.52. The molecule has 1 aliphatic rings. The Morgan fingerprint density at radius 2 is 0.889 bits per heavy atom. The van der Waals surface area contributed by atoms with Crippen molar-refractivity contribution in [2.45, 2.75) is 13.8 Å². The fraction of sp³-hybridized carbons (Fsp3) is 0.176. The Bertz CT molecular complexity index is 1370. The molecule has 2 heteroatoms. The van der Waals surface area contributed by atoms with Crippen molar-refractivity contribution >= 4 is 22.7 Å². The third-order valence-electron chi connectivity index (χ3n) is 7.56. The van der Waals surface area contributed by atoms with Crippen LogP contribution in [0.3, 0.4) is 0 Å². The maximum atomic E-state index is 14.2. The van der Waals surface area contributed by atoms with Crippen LogP contribution in [0.15, 0.2) is 121 Å². The summed E-state index contributed by atoms with van der Waals surface area (Å²) in [4.78, 5) is 28.2. The molecule has 4 atom stereocenters. The third-order valence-corrected chi connectivity index (χ3v) is 7.56. The molecule has 5 rings (SSSR count). The van der Waals surface area contributed by atoms with Crippen molar-refractivity contribution in [2.75, 3.05) is 0 Å². The molecule has 0 fully saturated rings. The molecule has 0 unspecified atom stereocenters. The van der Waals surface area contributed by atoms with E-state index in [1.54, 1.807) is 0 Å². The third kappa shape index (κ3) is 4.35. The molecule has 0 bridgehead atoms. The van der Waals surface area contributed by atoms with E-state index in [9.17, 15) is 9.59 Å². The second-order valence-corrected chi connectivity index (χ2v) is 9.67. The minimum Gasteiger partial charge on any atom is -0.294 e. The van der Waals surface area contributed by atoms with Crippen LogP contribution < -0.4 is 0 Å². The Kier molecular flexibility index (Phi) is 6.77. The number of ketones is 2. The minimum absolute atomic E-state index is 0.0631. The molecule has 0 aromatic heterocycles. The second kappa shape index (κ2) is 10.3. The molecule has 0 saturated carbocycles. The summed E-state index contributed by atoms with van der Waals surface area (Å²) < 4.78 is 0. The molecule has 178 valence electrons. The van der Waals surface area contributed by atoms with Crippen molar-refractivity contribution in [3.8, 4) is 0 Å². The summed E-state index contributed by atoms with van der Waals surface area (Å²) in [6.07, 6.45) is 0. The lowest BCUT2D eigenvalue weighted by atomic mass is 9.59. The first-order valence-corrected chi connectivity index (χ1v) is 12.6. The van der Waals surface area contributed by atoms with E-state index in [-0.39, 0.29) is 29.3 Å². The molecule has 0 aliphatic heterocycles. The standard InChI is InChI=1S/C34H30O2/c1-23-29(33(35)27-19-11-5-12-20-27)24(2)31(34(36)28-21-13-6-14-22-28)32(26-17-9-4-10-18-26)30(23)25-15-7-3-8-16-25/h3-24,29,31H,1-2H3/t23-,24+,29+,31-/m1/s1. The zero-order chi connectivity index (χ0) is 25.1. The highest BCUT2D eigenvalue weighted by Gasteiger charge is 2.47. The van der Waals surface area contributed by atoms with Gasteiger partial charge >= 0.3 is 0 Å². The fourth-order valence-corrected chi connectivity index (χ4v) is 5.92. The van der Waals surface area contributed by atoms with Crippen molar-refractivity contribution in [3.63, 3.8) is 0 Å². The number of allylic oxidation sites excluding steroid dienone is 2. The SMILES string of the molecule is C[C@@H]1[C@@H](C(=O)c2ccccc2)C(c2ccccc2)=C(c2ccccc2)[C@H](C)[C@@H]1C(=O)c1ccccc1. The summed E-state index contributed by atoms with van der Waals surface area (Å²) in [6.45, 7) is 4.23. The molecule has 0 radical (unpaired) electrons. The van der Waals surface area contributed by atoms with Gasteiger partial charge in [-0.05, 0) is 34.1 Å². The van der Waals surface area contributed by atoms with Crippen molar-refractivity contribution < 1.29 is 9.59 Å². The molecule has 0 heterocycles. The number of benzene rings is 4. The summed E-state index contributed by atoms with van der Waals surface area (Å²) in [6, 6.07) is 39.4. The van der Waals surface area contributed by atoms with Gasteiger partial charge in [-0.3, -0.25) is 9.59 Å². The predicted molar refractivity (Wildman–Crippen MR) is 147 cm³/mol. The van der Waals surface area contributed by atoms with Gasteiger partial charge in [-0.2, -0.15) is 0 Å². The second-order valence-electron chi connectivity index (χ2n) is 9.67. The first kappa shape index (κ1) is 23.7. The number of hydrogen-bond acceptors (Lipinski definition) is 2. The van der Waals surface area contributed by atoms with Crippen LogP contribution in [0.1, 0.15) is 45.7 Å². The van der Waals surface area contributed by atoms with Gasteiger partial charge in [0.2, 0.25) is 0 Å². The average Bonchev–Trinajstić information content (AvgIpc) is 2.94. The van der Waals surface area contributed by atoms with Gasteiger partial charge in [0, 0.05) is 17.0 Å². The van der Waals surface area contributed by atoms with Crippen molar-refractivity contribution in [2.24, 2.45) is 23.7 Å². The monoisotopic (exact) mass is 470 g/mol. The van der Waals surface area contributed by atoms with Gasteiger partial charge in [-0.15, -0.1) is 0 Å². The van der Waals surface area contributed by atoms with Crippen LogP contribution in [0.2, 0.25) is 0 Å². The van der Waals surface area contributed by atoms with Crippen LogP contribution >= 0.6 is 0 Å². The van der Waals surface area contributed by atoms with Crippen LogP contribution in [0.25, 0.3) is 11.1 Å². The number of Topliss-reactive ketones (excluding diaryl/α,β-unsaturated/α-hetero) is 2. The van der Waals surface area contributed by atoms with E-state index in [0.717, 1.165) is 22.3 Å². The normalized spacial score (nSPS) is 21.7. The van der Waals surface area contributed by atoms with E-state index in [1.165, 1.54) is 0 Å². The number of carbonyl (C=O) groups is 2. The van der Waals surface area contributed by atoms with Crippen LogP contribution in [-0.4, -0.2) is 11.6 Å². The maximum absolute atomic E-state index is 14.2. The average molecular weight is 471 g/mol. The van der Waals surface area contributed by atoms with Gasteiger partial charge in [0.25, 0.3) is 0 Å². The zero-order valence-electron chi connectivity index (χ0n) is 20.7. The summed E-state index contributed by atoms with van der Waals surface area (Å²) in [7, 11) is 0. The molecular weight excluding hydrogens is 440 g/mol. The Morgan fingerprint density at radius 1 is 0.500 bits per heavy atom. The Labute approximate surface area is 213 Å². The summed E-state index contributed by atoms with van der Waals surface area (Å²) in [5.74, 6) is -0.852. The molecule has 0 saturated heterocycles. The molecule has 1 aliphatic carbocycles. The smallest absolute Gasteiger partial charge is 0.170 e. The van der Waals surface area contributed by atoms with Crippen LogP contribution in [-0.2, 0) is 0 Å². The van der Waals surface area contributed by atoms with E-state index < -0.39 is 5.92 Å². The van der Waals surface area contributed by atoms with Gasteiger partial charge in [0.05, 0.1) is 5.92 Å². The number of rotatable bonds is 6. The van der Waals surface area contributed by atoms with E-state index in [1.807, 2.05) is 97.1 Å². The Morgan fingerprint density at radius 3 is 1.36 bits per heavy atom. The van der Waals surface area contributed by atoms with E-state index in [0.29, 0.717) is 11.1 Å². The summed E-state index contributed by atoms with van der Waals surface area (Å²) >= 11 is 0. The topological polar surface area (TPSA) is 34.1 Å². The first-order valence-electron chi connectivity index (χ1n) is 12.6. The molecule has 0 spiro atoms. The lowest BCUT2D eigenvalue weighted by Gasteiger charge is -2.42. The van der Waals surface area contributed by atoms with E-state index >= 15 is 0 Å². The van der Waals surface area contributed by atoms with Crippen molar-refractivity contribution in [1.82, 2.24) is 0 Å². The van der Waals surface area contributed by atoms with E-state index in [2.05, 4.69) is 38.1 Å². The maximum Gasteiger partial charge on any atom is 0.170 e. The summed E-state index contributed by atoms with van der Waals surface area (Å²) in [5, 5.41) is 0. The van der Waals surface area contributed by atoms with Crippen LogP contribution in [0, 0.1) is 23.7 Å². The Balaban J connectivity index is 1.77. The van der Waals surface area contributed by atoms with Gasteiger partial charge in [-0.25, -0.2) is 0 Å². The van der Waals surface area contributed by atoms with Gasteiger partial charge in [-0.1, -0.05) is 135 Å². The number of hydrogen-bond donors (Lipinski definition) is 0. The number of carbonyl (C=O) groups excluding carboxylic acids is 2. The molecular formula is C34H30O2. The first-order chi connectivity index (χ1) is 17.6. The lowest BCUT2D eigenvalue weighted by Crippen LogP contribution is -2.41.